The topological polar surface area (TPSA) is 36.9 Å². The largest absolute Gasteiger partial charge is 0.374 e. The van der Waals surface area contributed by atoms with Crippen LogP contribution in [0.15, 0.2) is 126 Å². The Bertz CT molecular complexity index is 1230. The summed E-state index contributed by atoms with van der Waals surface area (Å²) in [4.78, 5) is 0.947. The van der Waals surface area contributed by atoms with Crippen molar-refractivity contribution in [1.82, 2.24) is 0 Å². The number of alkyl halides is 1. The number of thioether (sulfide) groups is 1. The highest BCUT2D eigenvalue weighted by atomic mass is 32.2. The Balaban J connectivity index is 1.38. The van der Waals surface area contributed by atoms with Crippen molar-refractivity contribution in [2.24, 2.45) is 0 Å². The molecule has 0 aromatic heterocycles. The van der Waals surface area contributed by atoms with Crippen molar-refractivity contribution in [3.63, 3.8) is 0 Å². The quantitative estimate of drug-likeness (QED) is 0.188. The molecule has 1 aliphatic heterocycles. The molecule has 1 heterocycles. The zero-order chi connectivity index (χ0) is 26.7. The van der Waals surface area contributed by atoms with Crippen LogP contribution in [0, 0.1) is 0 Å². The van der Waals surface area contributed by atoms with Gasteiger partial charge in [-0.15, -0.1) is 11.8 Å². The summed E-state index contributed by atoms with van der Waals surface area (Å²) in [5.74, 6) is 0. The standard InChI is InChI=1S/C33H33FO4S/c34-33-32(39-28-19-11-4-12-20-28)31(37-23-27-17-9-3-10-18-27)30(36-22-26-15-7-2-8-16-26)29(38-33)24-35-21-25-13-5-1-6-14-25/h1-20,29-33H,21-24H2/t29-,30-,31+,32+,33?/m1/s1. The van der Waals surface area contributed by atoms with Gasteiger partial charge in [-0.3, -0.25) is 0 Å². The fraction of sp³-hybridized carbons (Fsp3) is 0.273. The van der Waals surface area contributed by atoms with Gasteiger partial charge in [0.15, 0.2) is 0 Å². The van der Waals surface area contributed by atoms with Crippen molar-refractivity contribution in [1.29, 1.82) is 0 Å². The summed E-state index contributed by atoms with van der Waals surface area (Å²) in [5, 5.41) is -0.623. The Kier molecular flexibility index (Phi) is 10.2. The van der Waals surface area contributed by atoms with Crippen molar-refractivity contribution in [3.8, 4) is 0 Å². The Hall–Kier alpha value is -3.00. The van der Waals surface area contributed by atoms with E-state index in [9.17, 15) is 0 Å². The number of ether oxygens (including phenoxy) is 4. The second-order valence-electron chi connectivity index (χ2n) is 9.44. The highest BCUT2D eigenvalue weighted by Gasteiger charge is 2.48. The maximum atomic E-state index is 15.8. The molecule has 0 radical (unpaired) electrons. The van der Waals surface area contributed by atoms with E-state index < -0.39 is 29.9 Å². The second-order valence-corrected chi connectivity index (χ2v) is 10.7. The van der Waals surface area contributed by atoms with E-state index in [1.54, 1.807) is 0 Å². The number of halogens is 1. The first-order valence-electron chi connectivity index (χ1n) is 13.2. The van der Waals surface area contributed by atoms with Crippen LogP contribution >= 0.6 is 11.8 Å². The molecule has 6 heteroatoms. The molecule has 0 saturated carbocycles. The Morgan fingerprint density at radius 2 is 1.05 bits per heavy atom. The maximum Gasteiger partial charge on any atom is 0.214 e. The Labute approximate surface area is 234 Å². The molecule has 1 saturated heterocycles. The van der Waals surface area contributed by atoms with Crippen molar-refractivity contribution in [2.45, 2.75) is 54.6 Å². The fourth-order valence-corrected chi connectivity index (χ4v) is 5.74. The van der Waals surface area contributed by atoms with E-state index in [1.165, 1.54) is 11.8 Å². The zero-order valence-corrected chi connectivity index (χ0v) is 22.5. The van der Waals surface area contributed by atoms with Crippen LogP contribution in [0.4, 0.5) is 4.39 Å². The highest BCUT2D eigenvalue weighted by molar-refractivity contribution is 8.00. The van der Waals surface area contributed by atoms with Gasteiger partial charge in [0.05, 0.1) is 31.7 Å². The van der Waals surface area contributed by atoms with Crippen LogP contribution in [0.3, 0.4) is 0 Å². The molecular formula is C33H33FO4S. The Morgan fingerprint density at radius 1 is 0.590 bits per heavy atom. The normalized spacial score (nSPS) is 22.9. The number of hydrogen-bond donors (Lipinski definition) is 0. The molecule has 0 aliphatic carbocycles. The summed E-state index contributed by atoms with van der Waals surface area (Å²) >= 11 is 1.42. The van der Waals surface area contributed by atoms with E-state index in [-0.39, 0.29) is 6.61 Å². The summed E-state index contributed by atoms with van der Waals surface area (Å²) < 4.78 is 40.8. The van der Waals surface area contributed by atoms with Gasteiger partial charge in [-0.25, -0.2) is 4.39 Å². The van der Waals surface area contributed by atoms with Crippen LogP contribution in [0.2, 0.25) is 0 Å². The van der Waals surface area contributed by atoms with Crippen molar-refractivity contribution < 1.29 is 23.3 Å². The molecular weight excluding hydrogens is 511 g/mol. The van der Waals surface area contributed by atoms with Gasteiger partial charge in [0.25, 0.3) is 0 Å². The van der Waals surface area contributed by atoms with Gasteiger partial charge >= 0.3 is 0 Å². The molecule has 0 bridgehead atoms. The summed E-state index contributed by atoms with van der Waals surface area (Å²) in [6.07, 6.45) is -3.31. The first-order chi connectivity index (χ1) is 19.3. The van der Waals surface area contributed by atoms with Gasteiger partial charge in [-0.05, 0) is 28.8 Å². The number of hydrogen-bond acceptors (Lipinski definition) is 5. The molecule has 5 rings (SSSR count). The summed E-state index contributed by atoms with van der Waals surface area (Å²) in [7, 11) is 0. The first kappa shape index (κ1) is 27.6. The molecule has 202 valence electrons. The molecule has 1 fully saturated rings. The lowest BCUT2D eigenvalue weighted by Gasteiger charge is -2.43. The van der Waals surface area contributed by atoms with E-state index in [0.717, 1.165) is 21.6 Å². The molecule has 0 N–H and O–H groups in total. The van der Waals surface area contributed by atoms with Crippen molar-refractivity contribution >= 4 is 11.8 Å². The average Bonchev–Trinajstić information content (AvgIpc) is 2.99. The number of rotatable bonds is 12. The lowest BCUT2D eigenvalue weighted by atomic mass is 10.0. The molecule has 39 heavy (non-hydrogen) atoms. The minimum atomic E-state index is -1.56. The molecule has 4 nitrogen and oxygen atoms in total. The van der Waals surface area contributed by atoms with E-state index in [1.807, 2.05) is 121 Å². The van der Waals surface area contributed by atoms with E-state index >= 15 is 4.39 Å². The summed E-state index contributed by atoms with van der Waals surface area (Å²) in [6, 6.07) is 39.6. The molecule has 0 spiro atoms. The van der Waals surface area contributed by atoms with Gasteiger partial charge < -0.3 is 18.9 Å². The van der Waals surface area contributed by atoms with Crippen LogP contribution in [-0.2, 0) is 38.8 Å². The molecule has 5 atom stereocenters. The lowest BCUT2D eigenvalue weighted by Crippen LogP contribution is -2.58. The van der Waals surface area contributed by atoms with Gasteiger partial charge in [0.2, 0.25) is 6.36 Å². The van der Waals surface area contributed by atoms with Crippen molar-refractivity contribution in [2.75, 3.05) is 6.61 Å². The van der Waals surface area contributed by atoms with Crippen LogP contribution in [-0.4, -0.2) is 36.5 Å². The van der Waals surface area contributed by atoms with Crippen LogP contribution in [0.25, 0.3) is 0 Å². The minimum Gasteiger partial charge on any atom is -0.374 e. The smallest absolute Gasteiger partial charge is 0.214 e. The highest BCUT2D eigenvalue weighted by Crippen LogP contribution is 2.38. The van der Waals surface area contributed by atoms with E-state index in [4.69, 9.17) is 18.9 Å². The average molecular weight is 545 g/mol. The molecule has 1 aliphatic rings. The molecule has 4 aromatic carbocycles. The third kappa shape index (κ3) is 8.01. The van der Waals surface area contributed by atoms with E-state index in [2.05, 4.69) is 0 Å². The third-order valence-corrected chi connectivity index (χ3v) is 7.86. The molecule has 0 amide bonds. The van der Waals surface area contributed by atoms with Gasteiger partial charge in [0.1, 0.15) is 18.3 Å². The third-order valence-electron chi connectivity index (χ3n) is 6.56. The first-order valence-corrected chi connectivity index (χ1v) is 14.1. The van der Waals surface area contributed by atoms with Crippen LogP contribution in [0.5, 0.6) is 0 Å². The van der Waals surface area contributed by atoms with E-state index in [0.29, 0.717) is 19.8 Å². The van der Waals surface area contributed by atoms with Gasteiger partial charge in [-0.2, -0.15) is 0 Å². The molecule has 1 unspecified atom stereocenters. The van der Waals surface area contributed by atoms with Crippen LogP contribution < -0.4 is 0 Å². The lowest BCUT2D eigenvalue weighted by molar-refractivity contribution is -0.241. The van der Waals surface area contributed by atoms with Gasteiger partial charge in [-0.1, -0.05) is 109 Å². The predicted octanol–water partition coefficient (Wildman–Crippen LogP) is 7.23. The fourth-order valence-electron chi connectivity index (χ4n) is 4.57. The monoisotopic (exact) mass is 544 g/mol. The number of benzene rings is 4. The van der Waals surface area contributed by atoms with Crippen LogP contribution in [0.1, 0.15) is 16.7 Å². The Morgan fingerprint density at radius 3 is 1.59 bits per heavy atom. The summed E-state index contributed by atoms with van der Waals surface area (Å²) in [6.45, 7) is 1.28. The minimum absolute atomic E-state index is 0.183. The second kappa shape index (κ2) is 14.4. The van der Waals surface area contributed by atoms with Gasteiger partial charge in [0, 0.05) is 4.90 Å². The zero-order valence-electron chi connectivity index (χ0n) is 21.7. The predicted molar refractivity (Wildman–Crippen MR) is 152 cm³/mol. The molecule has 4 aromatic rings. The SMILES string of the molecule is FC1O[C@H](COCc2ccccc2)[C@@H](OCc2ccccc2)[C@H](OCc2ccccc2)[C@@H]1Sc1ccccc1. The summed E-state index contributed by atoms with van der Waals surface area (Å²) in [5.41, 5.74) is 3.08. The van der Waals surface area contributed by atoms with Crippen molar-refractivity contribution in [3.05, 3.63) is 138 Å². The maximum absolute atomic E-state index is 15.8.